The summed E-state index contributed by atoms with van der Waals surface area (Å²) in [6.45, 7) is 7.95. The quantitative estimate of drug-likeness (QED) is 0.935. The number of amides is 1. The van der Waals surface area contributed by atoms with Gasteiger partial charge in [0.05, 0.1) is 12.4 Å². The van der Waals surface area contributed by atoms with Crippen molar-refractivity contribution in [1.82, 2.24) is 14.9 Å². The highest BCUT2D eigenvalue weighted by atomic mass is 16.2. The summed E-state index contributed by atoms with van der Waals surface area (Å²) in [5, 5.41) is 3.27. The average Bonchev–Trinajstić information content (AvgIpc) is 2.59. The van der Waals surface area contributed by atoms with Crippen LogP contribution >= 0.6 is 0 Å². The molecule has 0 atom stereocenters. The van der Waals surface area contributed by atoms with E-state index in [0.717, 1.165) is 37.2 Å². The van der Waals surface area contributed by atoms with Crippen LogP contribution in [0.2, 0.25) is 0 Å². The summed E-state index contributed by atoms with van der Waals surface area (Å²) in [5.74, 6) is 1.32. The lowest BCUT2D eigenvalue weighted by Crippen LogP contribution is -2.38. The van der Waals surface area contributed by atoms with Crippen molar-refractivity contribution in [3.8, 4) is 0 Å². The van der Waals surface area contributed by atoms with Gasteiger partial charge in [-0.3, -0.25) is 4.79 Å². The first-order valence-electron chi connectivity index (χ1n) is 8.48. The van der Waals surface area contributed by atoms with Crippen molar-refractivity contribution in [2.45, 2.75) is 33.6 Å². The van der Waals surface area contributed by atoms with Crippen LogP contribution in [0.5, 0.6) is 0 Å². The number of nitrogens with one attached hydrogen (secondary N) is 1. The Hall–Kier alpha value is -2.43. The Morgan fingerprint density at radius 1 is 1.17 bits per heavy atom. The molecule has 0 saturated carbocycles. The van der Waals surface area contributed by atoms with Crippen molar-refractivity contribution in [2.75, 3.05) is 18.4 Å². The van der Waals surface area contributed by atoms with E-state index in [1.807, 2.05) is 11.8 Å². The Morgan fingerprint density at radius 2 is 1.92 bits per heavy atom. The molecule has 5 heteroatoms. The van der Waals surface area contributed by atoms with Crippen molar-refractivity contribution in [2.24, 2.45) is 5.92 Å². The molecule has 2 aromatic rings. The minimum Gasteiger partial charge on any atom is -0.339 e. The van der Waals surface area contributed by atoms with Gasteiger partial charge in [0.2, 0.25) is 0 Å². The molecule has 1 fully saturated rings. The third-order valence-corrected chi connectivity index (χ3v) is 4.60. The highest BCUT2D eigenvalue weighted by molar-refractivity contribution is 5.92. The van der Waals surface area contributed by atoms with E-state index >= 15 is 0 Å². The van der Waals surface area contributed by atoms with Gasteiger partial charge in [0.15, 0.2) is 0 Å². The summed E-state index contributed by atoms with van der Waals surface area (Å²) in [6.07, 6.45) is 5.31. The average molecular weight is 324 g/mol. The predicted molar refractivity (Wildman–Crippen MR) is 95.5 cm³/mol. The molecule has 1 aromatic carbocycles. The summed E-state index contributed by atoms with van der Waals surface area (Å²) in [4.78, 5) is 23.0. The molecule has 1 amide bonds. The number of rotatable bonds is 3. The van der Waals surface area contributed by atoms with E-state index in [9.17, 15) is 4.79 Å². The fraction of sp³-hybridized carbons (Fsp3) is 0.421. The van der Waals surface area contributed by atoms with Crippen LogP contribution in [-0.4, -0.2) is 33.9 Å². The summed E-state index contributed by atoms with van der Waals surface area (Å²) < 4.78 is 0. The first-order chi connectivity index (χ1) is 11.5. The second-order valence-corrected chi connectivity index (χ2v) is 6.70. The van der Waals surface area contributed by atoms with Crippen LogP contribution in [0.1, 0.15) is 41.4 Å². The Bertz CT molecular complexity index is 719. The van der Waals surface area contributed by atoms with Gasteiger partial charge in [-0.1, -0.05) is 19.1 Å². The number of nitrogens with zero attached hydrogens (tertiary/aromatic N) is 3. The van der Waals surface area contributed by atoms with Gasteiger partial charge >= 0.3 is 0 Å². The molecule has 24 heavy (non-hydrogen) atoms. The lowest BCUT2D eigenvalue weighted by atomic mass is 9.99. The lowest BCUT2D eigenvalue weighted by molar-refractivity contribution is 0.0691. The molecule has 126 valence electrons. The van der Waals surface area contributed by atoms with Gasteiger partial charge < -0.3 is 10.2 Å². The van der Waals surface area contributed by atoms with Crippen molar-refractivity contribution < 1.29 is 4.79 Å². The first-order valence-corrected chi connectivity index (χ1v) is 8.48. The van der Waals surface area contributed by atoms with Gasteiger partial charge in [0.1, 0.15) is 11.5 Å². The molecule has 0 bridgehead atoms. The maximum Gasteiger partial charge on any atom is 0.274 e. The number of hydrogen-bond donors (Lipinski definition) is 1. The Kier molecular flexibility index (Phi) is 4.79. The molecule has 0 unspecified atom stereocenters. The first kappa shape index (κ1) is 16.4. The number of anilines is 2. The molecule has 0 spiro atoms. The van der Waals surface area contributed by atoms with Gasteiger partial charge in [-0.25, -0.2) is 9.97 Å². The number of aromatic nitrogens is 2. The summed E-state index contributed by atoms with van der Waals surface area (Å²) in [5.41, 5.74) is 3.75. The van der Waals surface area contributed by atoms with Crippen LogP contribution in [0.25, 0.3) is 0 Å². The van der Waals surface area contributed by atoms with Gasteiger partial charge in [0.25, 0.3) is 5.91 Å². The van der Waals surface area contributed by atoms with Crippen molar-refractivity contribution in [3.63, 3.8) is 0 Å². The normalized spacial score (nSPS) is 15.4. The van der Waals surface area contributed by atoms with E-state index in [2.05, 4.69) is 47.3 Å². The minimum atomic E-state index is -0.0207. The molecule has 3 rings (SSSR count). The third-order valence-electron chi connectivity index (χ3n) is 4.60. The highest BCUT2D eigenvalue weighted by Gasteiger charge is 2.22. The maximum atomic E-state index is 12.5. The predicted octanol–water partition coefficient (Wildman–Crippen LogP) is 3.71. The summed E-state index contributed by atoms with van der Waals surface area (Å²) >= 11 is 0. The summed E-state index contributed by atoms with van der Waals surface area (Å²) in [6, 6.07) is 6.22. The molecular formula is C19H24N4O. The van der Waals surface area contributed by atoms with E-state index in [1.54, 1.807) is 12.4 Å². The number of carbonyl (C=O) groups is 1. The molecular weight excluding hydrogens is 300 g/mol. The van der Waals surface area contributed by atoms with Crippen molar-refractivity contribution >= 4 is 17.4 Å². The monoisotopic (exact) mass is 324 g/mol. The van der Waals surface area contributed by atoms with E-state index in [0.29, 0.717) is 17.4 Å². The van der Waals surface area contributed by atoms with Crippen molar-refractivity contribution in [1.29, 1.82) is 0 Å². The number of benzene rings is 1. The smallest absolute Gasteiger partial charge is 0.274 e. The number of hydrogen-bond acceptors (Lipinski definition) is 4. The topological polar surface area (TPSA) is 58.1 Å². The molecule has 1 N–H and O–H groups in total. The van der Waals surface area contributed by atoms with Crippen LogP contribution in [0.4, 0.5) is 11.5 Å². The van der Waals surface area contributed by atoms with Crippen LogP contribution < -0.4 is 5.32 Å². The number of likely N-dealkylation sites (tertiary alicyclic amines) is 1. The molecule has 0 radical (unpaired) electrons. The third kappa shape index (κ3) is 3.72. The fourth-order valence-corrected chi connectivity index (χ4v) is 2.89. The Labute approximate surface area is 143 Å². The molecule has 0 aliphatic carbocycles. The Balaban J connectivity index is 1.69. The van der Waals surface area contributed by atoms with Gasteiger partial charge in [-0.2, -0.15) is 0 Å². The number of piperidine rings is 1. The zero-order valence-electron chi connectivity index (χ0n) is 14.5. The highest BCUT2D eigenvalue weighted by Crippen LogP contribution is 2.21. The molecule has 1 aliphatic rings. The van der Waals surface area contributed by atoms with E-state index in [1.165, 1.54) is 5.56 Å². The number of carbonyl (C=O) groups excluding carboxylic acids is 1. The van der Waals surface area contributed by atoms with Crippen LogP contribution in [0.3, 0.4) is 0 Å². The van der Waals surface area contributed by atoms with E-state index in [4.69, 9.17) is 0 Å². The van der Waals surface area contributed by atoms with Crippen LogP contribution in [0, 0.1) is 19.8 Å². The molecule has 1 aromatic heterocycles. The standard InChI is InChI=1S/C19H24N4O/c1-13-6-8-23(9-7-13)19(24)17-11-21-18(12-20-17)22-16-10-14(2)4-5-15(16)3/h4-5,10-13H,6-9H2,1-3H3,(H,21,22). The van der Waals surface area contributed by atoms with Crippen molar-refractivity contribution in [3.05, 3.63) is 47.4 Å². The summed E-state index contributed by atoms with van der Waals surface area (Å²) in [7, 11) is 0. The van der Waals surface area contributed by atoms with Gasteiger partial charge in [-0.15, -0.1) is 0 Å². The Morgan fingerprint density at radius 3 is 2.58 bits per heavy atom. The largest absolute Gasteiger partial charge is 0.339 e. The second kappa shape index (κ2) is 6.99. The SMILES string of the molecule is Cc1ccc(C)c(Nc2cnc(C(=O)N3CCC(C)CC3)cn2)c1. The maximum absolute atomic E-state index is 12.5. The lowest BCUT2D eigenvalue weighted by Gasteiger charge is -2.29. The molecule has 2 heterocycles. The zero-order valence-corrected chi connectivity index (χ0v) is 14.5. The fourth-order valence-electron chi connectivity index (χ4n) is 2.89. The van der Waals surface area contributed by atoms with E-state index in [-0.39, 0.29) is 5.91 Å². The van der Waals surface area contributed by atoms with E-state index < -0.39 is 0 Å². The molecule has 1 saturated heterocycles. The van der Waals surface area contributed by atoms with Gasteiger partial charge in [0, 0.05) is 18.8 Å². The minimum absolute atomic E-state index is 0.0207. The molecule has 5 nitrogen and oxygen atoms in total. The van der Waals surface area contributed by atoms with Gasteiger partial charge in [-0.05, 0) is 49.8 Å². The molecule has 1 aliphatic heterocycles. The zero-order chi connectivity index (χ0) is 17.1. The van der Waals surface area contributed by atoms with Crippen LogP contribution in [-0.2, 0) is 0 Å². The second-order valence-electron chi connectivity index (χ2n) is 6.70. The number of aryl methyl sites for hydroxylation is 2. The van der Waals surface area contributed by atoms with Crippen LogP contribution in [0.15, 0.2) is 30.6 Å².